The van der Waals surface area contributed by atoms with E-state index in [-0.39, 0.29) is 5.54 Å². The first kappa shape index (κ1) is 14.6. The molecule has 2 aliphatic rings. The summed E-state index contributed by atoms with van der Waals surface area (Å²) in [6.07, 6.45) is 5.20. The highest BCUT2D eigenvalue weighted by molar-refractivity contribution is 8.00. The Morgan fingerprint density at radius 1 is 1.39 bits per heavy atom. The van der Waals surface area contributed by atoms with Gasteiger partial charge >= 0.3 is 0 Å². The Balaban J connectivity index is 2.06. The predicted molar refractivity (Wildman–Crippen MR) is 81.2 cm³/mol. The van der Waals surface area contributed by atoms with E-state index in [1.165, 1.54) is 44.5 Å². The van der Waals surface area contributed by atoms with Crippen LogP contribution in [0, 0.1) is 0 Å². The topological polar surface area (TPSA) is 32.5 Å². The lowest BCUT2D eigenvalue weighted by atomic mass is 9.85. The molecule has 18 heavy (non-hydrogen) atoms. The minimum absolute atomic E-state index is 0.240. The van der Waals surface area contributed by atoms with Crippen LogP contribution in [0.2, 0.25) is 0 Å². The predicted octanol–water partition coefficient (Wildman–Crippen LogP) is 1.63. The van der Waals surface area contributed by atoms with E-state index in [0.717, 1.165) is 12.6 Å². The van der Waals surface area contributed by atoms with Crippen molar-refractivity contribution < 1.29 is 0 Å². The van der Waals surface area contributed by atoms with Gasteiger partial charge in [-0.05, 0) is 58.6 Å². The van der Waals surface area contributed by atoms with E-state index >= 15 is 0 Å². The third-order valence-electron chi connectivity index (χ3n) is 5.17. The molecule has 0 aromatic carbocycles. The maximum Gasteiger partial charge on any atom is 0.0447 e. The van der Waals surface area contributed by atoms with Crippen molar-refractivity contribution in [2.45, 2.75) is 49.4 Å². The Hall–Kier alpha value is 0.230. The van der Waals surface area contributed by atoms with Crippen molar-refractivity contribution in [2.75, 3.05) is 39.5 Å². The normalized spacial score (nSPS) is 36.2. The number of thioether (sulfide) groups is 1. The van der Waals surface area contributed by atoms with Crippen LogP contribution in [0.4, 0.5) is 0 Å². The highest BCUT2D eigenvalue weighted by Gasteiger charge is 2.43. The van der Waals surface area contributed by atoms with Gasteiger partial charge in [0.2, 0.25) is 0 Å². The summed E-state index contributed by atoms with van der Waals surface area (Å²) in [6, 6.07) is 0.728. The first-order chi connectivity index (χ1) is 8.60. The van der Waals surface area contributed by atoms with E-state index in [9.17, 15) is 0 Å². The van der Waals surface area contributed by atoms with Gasteiger partial charge in [-0.25, -0.2) is 0 Å². The third-order valence-corrected chi connectivity index (χ3v) is 6.63. The average molecular weight is 271 g/mol. The molecule has 2 fully saturated rings. The second-order valence-electron chi connectivity index (χ2n) is 6.07. The molecule has 0 amide bonds. The number of hydrogen-bond acceptors (Lipinski definition) is 4. The van der Waals surface area contributed by atoms with Gasteiger partial charge in [0.1, 0.15) is 0 Å². The Morgan fingerprint density at radius 3 is 2.61 bits per heavy atom. The lowest BCUT2D eigenvalue weighted by molar-refractivity contribution is 0.0358. The number of rotatable bonds is 3. The molecule has 0 spiro atoms. The SMILES string of the molecule is CC1SCCCC1(CN)N(C)C1CCN(C)CC1. The highest BCUT2D eigenvalue weighted by Crippen LogP contribution is 2.39. The van der Waals surface area contributed by atoms with E-state index in [4.69, 9.17) is 5.73 Å². The van der Waals surface area contributed by atoms with Crippen LogP contribution in [0.1, 0.15) is 32.6 Å². The maximum atomic E-state index is 6.20. The first-order valence-electron chi connectivity index (χ1n) is 7.33. The average Bonchev–Trinajstić information content (AvgIpc) is 2.40. The molecule has 0 aromatic rings. The van der Waals surface area contributed by atoms with E-state index in [1.807, 2.05) is 0 Å². The van der Waals surface area contributed by atoms with Gasteiger partial charge in [-0.1, -0.05) is 6.92 Å². The Labute approximate surface area is 116 Å². The minimum Gasteiger partial charge on any atom is -0.329 e. The number of piperidine rings is 1. The van der Waals surface area contributed by atoms with E-state index in [1.54, 1.807) is 0 Å². The molecule has 0 aliphatic carbocycles. The van der Waals surface area contributed by atoms with Crippen LogP contribution in [0.25, 0.3) is 0 Å². The quantitative estimate of drug-likeness (QED) is 0.845. The van der Waals surface area contributed by atoms with Crippen LogP contribution in [0.5, 0.6) is 0 Å². The smallest absolute Gasteiger partial charge is 0.0447 e. The number of nitrogens with two attached hydrogens (primary N) is 1. The zero-order valence-electron chi connectivity index (χ0n) is 12.2. The largest absolute Gasteiger partial charge is 0.329 e. The van der Waals surface area contributed by atoms with E-state index < -0.39 is 0 Å². The van der Waals surface area contributed by atoms with E-state index in [0.29, 0.717) is 5.25 Å². The Morgan fingerprint density at radius 2 is 2.06 bits per heavy atom. The molecule has 2 unspecified atom stereocenters. The number of hydrogen-bond donors (Lipinski definition) is 1. The molecule has 0 radical (unpaired) electrons. The molecule has 3 nitrogen and oxygen atoms in total. The summed E-state index contributed by atoms with van der Waals surface area (Å²) in [6.45, 7) is 5.65. The van der Waals surface area contributed by atoms with Crippen LogP contribution < -0.4 is 5.73 Å². The Kier molecular flexibility index (Phi) is 4.98. The van der Waals surface area contributed by atoms with Crippen LogP contribution in [0.3, 0.4) is 0 Å². The summed E-state index contributed by atoms with van der Waals surface area (Å²) in [5.41, 5.74) is 6.44. The zero-order valence-corrected chi connectivity index (χ0v) is 13.0. The van der Waals surface area contributed by atoms with E-state index in [2.05, 4.69) is 42.6 Å². The summed E-state index contributed by atoms with van der Waals surface area (Å²) >= 11 is 2.11. The van der Waals surface area contributed by atoms with Gasteiger partial charge in [-0.3, -0.25) is 4.90 Å². The fraction of sp³-hybridized carbons (Fsp3) is 1.00. The molecule has 2 atom stereocenters. The molecule has 106 valence electrons. The van der Waals surface area contributed by atoms with Gasteiger partial charge in [0, 0.05) is 23.4 Å². The summed E-state index contributed by atoms with van der Waals surface area (Å²) in [5.74, 6) is 1.31. The molecule has 0 aromatic heterocycles. The lowest BCUT2D eigenvalue weighted by Gasteiger charge is -2.52. The van der Waals surface area contributed by atoms with Crippen LogP contribution in [-0.4, -0.2) is 66.1 Å². The summed E-state index contributed by atoms with van der Waals surface area (Å²) in [7, 11) is 4.55. The van der Waals surface area contributed by atoms with Gasteiger partial charge in [-0.15, -0.1) is 0 Å². The molecule has 0 bridgehead atoms. The molecule has 2 heterocycles. The van der Waals surface area contributed by atoms with Crippen LogP contribution >= 0.6 is 11.8 Å². The monoisotopic (exact) mass is 271 g/mol. The van der Waals surface area contributed by atoms with Crippen molar-refractivity contribution in [3.63, 3.8) is 0 Å². The highest BCUT2D eigenvalue weighted by atomic mass is 32.2. The van der Waals surface area contributed by atoms with Gasteiger partial charge < -0.3 is 10.6 Å². The van der Waals surface area contributed by atoms with Crippen molar-refractivity contribution >= 4 is 11.8 Å². The van der Waals surface area contributed by atoms with Crippen molar-refractivity contribution in [2.24, 2.45) is 5.73 Å². The van der Waals surface area contributed by atoms with Crippen molar-refractivity contribution in [3.05, 3.63) is 0 Å². The third kappa shape index (κ3) is 2.72. The molecule has 0 saturated carbocycles. The standard InChI is InChI=1S/C14H29N3S/c1-12-14(11-15,7-4-10-18-12)17(3)13-5-8-16(2)9-6-13/h12-13H,4-11,15H2,1-3H3. The van der Waals surface area contributed by atoms with Gasteiger partial charge in [0.25, 0.3) is 0 Å². The molecule has 2 saturated heterocycles. The van der Waals surface area contributed by atoms with Gasteiger partial charge in [-0.2, -0.15) is 11.8 Å². The molecular weight excluding hydrogens is 242 g/mol. The second kappa shape index (κ2) is 6.12. The van der Waals surface area contributed by atoms with Crippen molar-refractivity contribution in [3.8, 4) is 0 Å². The van der Waals surface area contributed by atoms with Crippen molar-refractivity contribution in [1.82, 2.24) is 9.80 Å². The van der Waals surface area contributed by atoms with Crippen LogP contribution in [0.15, 0.2) is 0 Å². The Bertz CT molecular complexity index is 266. The fourth-order valence-corrected chi connectivity index (χ4v) is 4.97. The summed E-state index contributed by atoms with van der Waals surface area (Å²) in [4.78, 5) is 5.09. The molecule has 2 rings (SSSR count). The van der Waals surface area contributed by atoms with Gasteiger partial charge in [0.05, 0.1) is 0 Å². The summed E-state index contributed by atoms with van der Waals surface area (Å²) in [5, 5.41) is 0.668. The van der Waals surface area contributed by atoms with Crippen LogP contribution in [-0.2, 0) is 0 Å². The molecule has 2 N–H and O–H groups in total. The molecular formula is C14H29N3S. The lowest BCUT2D eigenvalue weighted by Crippen LogP contribution is -2.63. The zero-order chi connectivity index (χ0) is 13.2. The second-order valence-corrected chi connectivity index (χ2v) is 7.52. The maximum absolute atomic E-state index is 6.20. The molecule has 2 aliphatic heterocycles. The fourth-order valence-electron chi connectivity index (χ4n) is 3.62. The minimum atomic E-state index is 0.240. The molecule has 4 heteroatoms. The van der Waals surface area contributed by atoms with Crippen molar-refractivity contribution in [1.29, 1.82) is 0 Å². The number of likely N-dealkylation sites (N-methyl/N-ethyl adjacent to an activating group) is 1. The summed E-state index contributed by atoms with van der Waals surface area (Å²) < 4.78 is 0. The first-order valence-corrected chi connectivity index (χ1v) is 8.38. The number of nitrogens with zero attached hydrogens (tertiary/aromatic N) is 2. The number of likely N-dealkylation sites (tertiary alicyclic amines) is 1. The van der Waals surface area contributed by atoms with Gasteiger partial charge in [0.15, 0.2) is 0 Å².